The lowest BCUT2D eigenvalue weighted by molar-refractivity contribution is 0.619. The summed E-state index contributed by atoms with van der Waals surface area (Å²) in [6.45, 7) is 1.15. The van der Waals surface area contributed by atoms with Gasteiger partial charge in [0.1, 0.15) is 5.82 Å². The van der Waals surface area contributed by atoms with Crippen LogP contribution in [0.1, 0.15) is 11.3 Å². The van der Waals surface area contributed by atoms with Crippen LogP contribution in [0.4, 0.5) is 4.39 Å². The standard InChI is InChI=1S/C13H12ClFN2/c14-13-5-4-11(15)7-10(13)8-16-9-12-3-1-2-6-17-12/h1-7,16H,8-9H2. The van der Waals surface area contributed by atoms with Gasteiger partial charge in [0, 0.05) is 24.3 Å². The van der Waals surface area contributed by atoms with Crippen molar-refractivity contribution in [1.29, 1.82) is 0 Å². The molecule has 1 aromatic carbocycles. The van der Waals surface area contributed by atoms with E-state index in [9.17, 15) is 4.39 Å². The summed E-state index contributed by atoms with van der Waals surface area (Å²) in [4.78, 5) is 4.18. The van der Waals surface area contributed by atoms with Gasteiger partial charge in [-0.1, -0.05) is 17.7 Å². The Bertz CT molecular complexity index is 488. The van der Waals surface area contributed by atoms with Gasteiger partial charge >= 0.3 is 0 Å². The molecule has 0 saturated carbocycles. The fourth-order valence-corrected chi connectivity index (χ4v) is 1.69. The van der Waals surface area contributed by atoms with Crippen LogP contribution in [0.2, 0.25) is 5.02 Å². The molecule has 17 heavy (non-hydrogen) atoms. The number of benzene rings is 1. The van der Waals surface area contributed by atoms with Crippen LogP contribution in [0, 0.1) is 5.82 Å². The first-order valence-corrected chi connectivity index (χ1v) is 5.68. The Kier molecular flexibility index (Phi) is 4.07. The predicted octanol–water partition coefficient (Wildman–Crippen LogP) is 3.16. The smallest absolute Gasteiger partial charge is 0.123 e. The fraction of sp³-hybridized carbons (Fsp3) is 0.154. The van der Waals surface area contributed by atoms with Crippen molar-refractivity contribution in [2.75, 3.05) is 0 Å². The van der Waals surface area contributed by atoms with Crippen LogP contribution in [-0.2, 0) is 13.1 Å². The van der Waals surface area contributed by atoms with E-state index in [-0.39, 0.29) is 5.82 Å². The van der Waals surface area contributed by atoms with Crippen LogP contribution in [0.25, 0.3) is 0 Å². The molecule has 2 aromatic rings. The van der Waals surface area contributed by atoms with Crippen molar-refractivity contribution in [2.24, 2.45) is 0 Å². The molecule has 0 saturated heterocycles. The second-order valence-electron chi connectivity index (χ2n) is 3.66. The molecule has 0 aliphatic heterocycles. The van der Waals surface area contributed by atoms with Crippen molar-refractivity contribution in [1.82, 2.24) is 10.3 Å². The second kappa shape index (κ2) is 5.75. The number of hydrogen-bond donors (Lipinski definition) is 1. The highest BCUT2D eigenvalue weighted by molar-refractivity contribution is 6.31. The molecule has 0 spiro atoms. The third-order valence-electron chi connectivity index (χ3n) is 2.36. The van der Waals surface area contributed by atoms with Gasteiger partial charge in [-0.15, -0.1) is 0 Å². The normalized spacial score (nSPS) is 10.5. The van der Waals surface area contributed by atoms with Gasteiger partial charge < -0.3 is 5.32 Å². The van der Waals surface area contributed by atoms with Gasteiger partial charge in [0.2, 0.25) is 0 Å². The van der Waals surface area contributed by atoms with Gasteiger partial charge in [-0.3, -0.25) is 4.98 Å². The Balaban J connectivity index is 1.92. The lowest BCUT2D eigenvalue weighted by Gasteiger charge is -2.06. The molecule has 4 heteroatoms. The third-order valence-corrected chi connectivity index (χ3v) is 2.72. The SMILES string of the molecule is Fc1ccc(Cl)c(CNCc2ccccn2)c1. The number of hydrogen-bond acceptors (Lipinski definition) is 2. The zero-order valence-electron chi connectivity index (χ0n) is 9.16. The summed E-state index contributed by atoms with van der Waals surface area (Å²) in [5.41, 5.74) is 1.70. The number of aromatic nitrogens is 1. The van der Waals surface area contributed by atoms with E-state index in [4.69, 9.17) is 11.6 Å². The second-order valence-corrected chi connectivity index (χ2v) is 4.07. The van der Waals surface area contributed by atoms with Gasteiger partial charge in [-0.2, -0.15) is 0 Å². The van der Waals surface area contributed by atoms with Crippen LogP contribution in [0.15, 0.2) is 42.6 Å². The van der Waals surface area contributed by atoms with E-state index in [2.05, 4.69) is 10.3 Å². The summed E-state index contributed by atoms with van der Waals surface area (Å²) in [6, 6.07) is 10.1. The molecule has 0 aliphatic rings. The molecule has 0 fully saturated rings. The Hall–Kier alpha value is -1.45. The van der Waals surface area contributed by atoms with Gasteiger partial charge in [-0.25, -0.2) is 4.39 Å². The number of halogens is 2. The summed E-state index contributed by atoms with van der Waals surface area (Å²) in [6.07, 6.45) is 1.74. The number of rotatable bonds is 4. The first-order valence-electron chi connectivity index (χ1n) is 5.30. The Labute approximate surface area is 104 Å². The number of nitrogens with one attached hydrogen (secondary N) is 1. The maximum atomic E-state index is 13.0. The van der Waals surface area contributed by atoms with E-state index < -0.39 is 0 Å². The summed E-state index contributed by atoms with van der Waals surface area (Å²) < 4.78 is 13.0. The topological polar surface area (TPSA) is 24.9 Å². The first-order chi connectivity index (χ1) is 8.25. The molecule has 0 aliphatic carbocycles. The molecular weight excluding hydrogens is 239 g/mol. The van der Waals surface area contributed by atoms with Crippen molar-refractivity contribution in [3.8, 4) is 0 Å². The number of nitrogens with zero attached hydrogens (tertiary/aromatic N) is 1. The minimum atomic E-state index is -0.274. The highest BCUT2D eigenvalue weighted by atomic mass is 35.5. The van der Waals surface area contributed by atoms with Crippen molar-refractivity contribution >= 4 is 11.6 Å². The number of pyridine rings is 1. The highest BCUT2D eigenvalue weighted by Crippen LogP contribution is 2.16. The third kappa shape index (κ3) is 3.51. The van der Waals surface area contributed by atoms with E-state index in [1.165, 1.54) is 12.1 Å². The Morgan fingerprint density at radius 3 is 2.82 bits per heavy atom. The van der Waals surface area contributed by atoms with Crippen LogP contribution in [0.3, 0.4) is 0 Å². The largest absolute Gasteiger partial charge is 0.307 e. The van der Waals surface area contributed by atoms with Crippen molar-refractivity contribution < 1.29 is 4.39 Å². The van der Waals surface area contributed by atoms with Gasteiger partial charge in [0.25, 0.3) is 0 Å². The molecule has 1 heterocycles. The molecule has 2 rings (SSSR count). The molecule has 0 radical (unpaired) electrons. The molecule has 0 amide bonds. The van der Waals surface area contributed by atoms with Gasteiger partial charge in [-0.05, 0) is 35.9 Å². The summed E-state index contributed by atoms with van der Waals surface area (Å²) in [5.74, 6) is -0.274. The molecule has 1 N–H and O–H groups in total. The summed E-state index contributed by atoms with van der Waals surface area (Å²) in [5, 5.41) is 3.74. The Morgan fingerprint density at radius 1 is 1.18 bits per heavy atom. The summed E-state index contributed by atoms with van der Waals surface area (Å²) in [7, 11) is 0. The van der Waals surface area contributed by atoms with E-state index >= 15 is 0 Å². The predicted molar refractivity (Wildman–Crippen MR) is 66.2 cm³/mol. The molecule has 88 valence electrons. The van der Waals surface area contributed by atoms with Crippen LogP contribution in [0.5, 0.6) is 0 Å². The van der Waals surface area contributed by atoms with Crippen LogP contribution < -0.4 is 5.32 Å². The maximum absolute atomic E-state index is 13.0. The molecular formula is C13H12ClFN2. The first kappa shape index (κ1) is 12.0. The monoisotopic (exact) mass is 250 g/mol. The van der Waals surface area contributed by atoms with Crippen LogP contribution in [-0.4, -0.2) is 4.98 Å². The quantitative estimate of drug-likeness (QED) is 0.902. The van der Waals surface area contributed by atoms with Gasteiger partial charge in [0.05, 0.1) is 5.69 Å². The molecule has 1 aromatic heterocycles. The van der Waals surface area contributed by atoms with Crippen molar-refractivity contribution in [2.45, 2.75) is 13.1 Å². The highest BCUT2D eigenvalue weighted by Gasteiger charge is 2.01. The lowest BCUT2D eigenvalue weighted by Crippen LogP contribution is -2.13. The molecule has 2 nitrogen and oxygen atoms in total. The summed E-state index contributed by atoms with van der Waals surface area (Å²) >= 11 is 5.96. The van der Waals surface area contributed by atoms with Crippen molar-refractivity contribution in [3.63, 3.8) is 0 Å². The van der Waals surface area contributed by atoms with E-state index in [1.54, 1.807) is 12.3 Å². The van der Waals surface area contributed by atoms with Crippen molar-refractivity contribution in [3.05, 3.63) is 64.7 Å². The average Bonchev–Trinajstić information content (AvgIpc) is 2.35. The zero-order valence-corrected chi connectivity index (χ0v) is 9.91. The van der Waals surface area contributed by atoms with E-state index in [0.29, 0.717) is 18.1 Å². The molecule has 0 unspecified atom stereocenters. The van der Waals surface area contributed by atoms with Crippen LogP contribution >= 0.6 is 11.6 Å². The average molecular weight is 251 g/mol. The minimum Gasteiger partial charge on any atom is -0.307 e. The molecule has 0 bridgehead atoms. The Morgan fingerprint density at radius 2 is 2.06 bits per heavy atom. The lowest BCUT2D eigenvalue weighted by atomic mass is 10.2. The van der Waals surface area contributed by atoms with E-state index in [0.717, 1.165) is 11.3 Å². The maximum Gasteiger partial charge on any atom is 0.123 e. The minimum absolute atomic E-state index is 0.274. The zero-order chi connectivity index (χ0) is 12.1. The fourth-order valence-electron chi connectivity index (χ4n) is 1.51. The van der Waals surface area contributed by atoms with E-state index in [1.807, 2.05) is 18.2 Å². The van der Waals surface area contributed by atoms with Gasteiger partial charge in [0.15, 0.2) is 0 Å². The molecule has 0 atom stereocenters.